The summed E-state index contributed by atoms with van der Waals surface area (Å²) in [5, 5.41) is 2.05. The van der Waals surface area contributed by atoms with Gasteiger partial charge in [0.05, 0.1) is 18.9 Å². The van der Waals surface area contributed by atoms with Gasteiger partial charge in [-0.1, -0.05) is 0 Å². The summed E-state index contributed by atoms with van der Waals surface area (Å²) in [6, 6.07) is 0. The molecule has 0 aromatic rings. The highest BCUT2D eigenvalue weighted by atomic mass is 32.1. The van der Waals surface area contributed by atoms with Gasteiger partial charge in [-0.05, 0) is 19.1 Å². The molecule has 0 aromatic heterocycles. The number of thiocarbonyl (C=S) groups is 1. The second-order valence-electron chi connectivity index (χ2n) is 2.41. The molecular weight excluding hydrogens is 181 g/mol. The molecule has 0 heterocycles. The van der Waals surface area contributed by atoms with Gasteiger partial charge in [-0.15, -0.1) is 0 Å². The van der Waals surface area contributed by atoms with Gasteiger partial charge < -0.3 is 4.74 Å². The molecule has 0 spiro atoms. The number of esters is 1. The van der Waals surface area contributed by atoms with Crippen molar-refractivity contribution in [2.45, 2.75) is 18.9 Å². The maximum atomic E-state index is 12.0. The monoisotopic (exact) mass is 191 g/mol. The van der Waals surface area contributed by atoms with Gasteiger partial charge in [0.2, 0.25) is 0 Å². The minimum atomic E-state index is -1.22. The smallest absolute Gasteiger partial charge is 0.334 e. The Bertz CT molecular complexity index is 215. The lowest BCUT2D eigenvalue weighted by atomic mass is 10.0. The molecule has 0 aliphatic carbocycles. The van der Waals surface area contributed by atoms with Crippen LogP contribution in [-0.2, 0) is 9.53 Å². The van der Waals surface area contributed by atoms with E-state index < -0.39 is 18.2 Å². The Balaban J connectivity index is 4.59. The SMILES string of the molecule is COC(=O)C(C)(CCF)N=C=S. The van der Waals surface area contributed by atoms with Crippen LogP contribution in [0.4, 0.5) is 4.39 Å². The summed E-state index contributed by atoms with van der Waals surface area (Å²) in [4.78, 5) is 14.6. The van der Waals surface area contributed by atoms with Gasteiger partial charge >= 0.3 is 5.97 Å². The molecule has 0 saturated heterocycles. The van der Waals surface area contributed by atoms with E-state index in [-0.39, 0.29) is 6.42 Å². The first kappa shape index (κ1) is 11.2. The third kappa shape index (κ3) is 2.68. The molecule has 0 aliphatic heterocycles. The average molecular weight is 191 g/mol. The standard InChI is InChI=1S/C7H10FNO2S/c1-7(3-4-8,9-5-12)6(10)11-2/h3-4H2,1-2H3. The van der Waals surface area contributed by atoms with Gasteiger partial charge in [-0.2, -0.15) is 0 Å². The van der Waals surface area contributed by atoms with Crippen molar-refractivity contribution >= 4 is 23.3 Å². The molecule has 3 nitrogen and oxygen atoms in total. The van der Waals surface area contributed by atoms with Crippen LogP contribution in [0.2, 0.25) is 0 Å². The number of isothiocyanates is 1. The van der Waals surface area contributed by atoms with E-state index in [0.29, 0.717) is 0 Å². The maximum absolute atomic E-state index is 12.0. The van der Waals surface area contributed by atoms with Crippen LogP contribution in [0.15, 0.2) is 4.99 Å². The predicted molar refractivity (Wildman–Crippen MR) is 46.0 cm³/mol. The van der Waals surface area contributed by atoms with Gasteiger partial charge in [0.1, 0.15) is 0 Å². The molecule has 0 N–H and O–H groups in total. The van der Waals surface area contributed by atoms with E-state index in [2.05, 4.69) is 21.9 Å². The van der Waals surface area contributed by atoms with Crippen LogP contribution in [0.5, 0.6) is 0 Å². The number of carbonyl (C=O) groups excluding carboxylic acids is 1. The van der Waals surface area contributed by atoms with Crippen LogP contribution in [0.25, 0.3) is 0 Å². The number of carbonyl (C=O) groups is 1. The van der Waals surface area contributed by atoms with Crippen molar-refractivity contribution in [3.8, 4) is 0 Å². The Labute approximate surface area is 75.6 Å². The molecule has 68 valence electrons. The first-order valence-electron chi connectivity index (χ1n) is 3.34. The van der Waals surface area contributed by atoms with Gasteiger partial charge in [0.25, 0.3) is 0 Å². The van der Waals surface area contributed by atoms with Crippen LogP contribution >= 0.6 is 12.2 Å². The lowest BCUT2D eigenvalue weighted by molar-refractivity contribution is -0.146. The van der Waals surface area contributed by atoms with E-state index >= 15 is 0 Å². The summed E-state index contributed by atoms with van der Waals surface area (Å²) in [5.41, 5.74) is -1.22. The fraction of sp³-hybridized carbons (Fsp3) is 0.714. The third-order valence-corrected chi connectivity index (χ3v) is 1.59. The molecule has 1 atom stereocenters. The fourth-order valence-corrected chi connectivity index (χ4v) is 0.910. The quantitative estimate of drug-likeness (QED) is 0.383. The van der Waals surface area contributed by atoms with Crippen LogP contribution in [0, 0.1) is 0 Å². The van der Waals surface area contributed by atoms with Gasteiger partial charge in [0, 0.05) is 6.42 Å². The van der Waals surface area contributed by atoms with Gasteiger partial charge in [0.15, 0.2) is 5.54 Å². The first-order valence-corrected chi connectivity index (χ1v) is 3.75. The second kappa shape index (κ2) is 4.95. The van der Waals surface area contributed by atoms with Crippen molar-refractivity contribution in [2.24, 2.45) is 4.99 Å². The van der Waals surface area contributed by atoms with Gasteiger partial charge in [-0.3, -0.25) is 4.39 Å². The number of halogens is 1. The summed E-state index contributed by atoms with van der Waals surface area (Å²) >= 11 is 4.33. The topological polar surface area (TPSA) is 38.7 Å². The van der Waals surface area contributed by atoms with E-state index in [1.54, 1.807) is 0 Å². The van der Waals surface area contributed by atoms with E-state index in [1.807, 2.05) is 5.16 Å². The molecule has 0 aliphatic rings. The Morgan fingerprint density at radius 1 is 1.83 bits per heavy atom. The number of aliphatic imine (C=N–C) groups is 1. The summed E-state index contributed by atoms with van der Waals surface area (Å²) < 4.78 is 16.4. The van der Waals surface area contributed by atoms with Gasteiger partial charge in [-0.25, -0.2) is 9.79 Å². The number of methoxy groups -OCH3 is 1. The molecule has 0 amide bonds. The number of hydrogen-bond donors (Lipinski definition) is 0. The fourth-order valence-electron chi connectivity index (χ4n) is 0.708. The molecule has 1 unspecified atom stereocenters. The molecule has 5 heteroatoms. The number of nitrogens with zero attached hydrogens (tertiary/aromatic N) is 1. The van der Waals surface area contributed by atoms with E-state index in [4.69, 9.17) is 0 Å². The van der Waals surface area contributed by atoms with Crippen LogP contribution in [0.1, 0.15) is 13.3 Å². The molecule has 0 rings (SSSR count). The highest BCUT2D eigenvalue weighted by Gasteiger charge is 2.33. The average Bonchev–Trinajstić information content (AvgIpc) is 2.04. The number of alkyl halides is 1. The Morgan fingerprint density at radius 3 is 2.75 bits per heavy atom. The molecule has 12 heavy (non-hydrogen) atoms. The van der Waals surface area contributed by atoms with Crippen LogP contribution in [0.3, 0.4) is 0 Å². The molecular formula is C7H10FNO2S. The molecule has 0 fully saturated rings. The maximum Gasteiger partial charge on any atom is 0.334 e. The van der Waals surface area contributed by atoms with E-state index in [9.17, 15) is 9.18 Å². The number of rotatable bonds is 4. The lowest BCUT2D eigenvalue weighted by Gasteiger charge is -2.18. The summed E-state index contributed by atoms with van der Waals surface area (Å²) in [5.74, 6) is -0.600. The Kier molecular flexibility index (Phi) is 4.62. The largest absolute Gasteiger partial charge is 0.467 e. The zero-order valence-corrected chi connectivity index (χ0v) is 7.78. The normalized spacial score (nSPS) is 14.2. The summed E-state index contributed by atoms with van der Waals surface area (Å²) in [7, 11) is 1.22. The van der Waals surface area contributed by atoms with E-state index in [0.717, 1.165) is 0 Å². The molecule has 0 radical (unpaired) electrons. The Hall–Kier alpha value is -0.800. The molecule has 0 bridgehead atoms. The third-order valence-electron chi connectivity index (χ3n) is 1.50. The molecule has 0 saturated carbocycles. The zero-order valence-electron chi connectivity index (χ0n) is 6.96. The number of ether oxygens (including phenoxy) is 1. The summed E-state index contributed by atoms with van der Waals surface area (Å²) in [6.45, 7) is 0.809. The Morgan fingerprint density at radius 2 is 2.42 bits per heavy atom. The number of hydrogen-bond acceptors (Lipinski definition) is 4. The zero-order chi connectivity index (χ0) is 9.61. The highest BCUT2D eigenvalue weighted by Crippen LogP contribution is 2.16. The van der Waals surface area contributed by atoms with Crippen molar-refractivity contribution in [3.05, 3.63) is 0 Å². The summed E-state index contributed by atoms with van der Waals surface area (Å²) in [6.07, 6.45) is -0.0384. The molecule has 0 aromatic carbocycles. The van der Waals surface area contributed by atoms with Crippen LogP contribution in [-0.4, -0.2) is 30.5 Å². The second-order valence-corrected chi connectivity index (χ2v) is 2.59. The van der Waals surface area contributed by atoms with E-state index in [1.165, 1.54) is 14.0 Å². The first-order chi connectivity index (χ1) is 5.60. The van der Waals surface area contributed by atoms with Crippen molar-refractivity contribution in [2.75, 3.05) is 13.8 Å². The lowest BCUT2D eigenvalue weighted by Crippen LogP contribution is -2.34. The van der Waals surface area contributed by atoms with Crippen molar-refractivity contribution < 1.29 is 13.9 Å². The van der Waals surface area contributed by atoms with Crippen LogP contribution < -0.4 is 0 Å². The highest BCUT2D eigenvalue weighted by molar-refractivity contribution is 7.78. The van der Waals surface area contributed by atoms with Crippen molar-refractivity contribution in [3.63, 3.8) is 0 Å². The minimum absolute atomic E-state index is 0.0384. The minimum Gasteiger partial charge on any atom is -0.467 e. The van der Waals surface area contributed by atoms with Crippen molar-refractivity contribution in [1.29, 1.82) is 0 Å². The predicted octanol–water partition coefficient (Wildman–Crippen LogP) is 1.38. The van der Waals surface area contributed by atoms with Crippen molar-refractivity contribution in [1.82, 2.24) is 0 Å².